The summed E-state index contributed by atoms with van der Waals surface area (Å²) < 4.78 is 5.26. The van der Waals surface area contributed by atoms with Crippen molar-refractivity contribution in [3.05, 3.63) is 29.8 Å². The normalized spacial score (nSPS) is 22.8. The van der Waals surface area contributed by atoms with Crippen LogP contribution >= 0.6 is 0 Å². The molecule has 2 N–H and O–H groups in total. The van der Waals surface area contributed by atoms with E-state index in [4.69, 9.17) is 4.74 Å². The largest absolute Gasteiger partial charge is 0.496 e. The van der Waals surface area contributed by atoms with Gasteiger partial charge in [0, 0.05) is 12.1 Å². The van der Waals surface area contributed by atoms with E-state index in [9.17, 15) is 4.79 Å². The van der Waals surface area contributed by atoms with Crippen LogP contribution in [0.1, 0.15) is 18.9 Å². The molecule has 1 aromatic carbocycles. The number of benzene rings is 1. The van der Waals surface area contributed by atoms with Gasteiger partial charge in [0.2, 0.25) is 5.91 Å². The standard InChI is InChI=1S/C14H20N2O2/c1-10-7-8-15-13(10)14(17)16-9-11-5-3-4-6-12(11)18-2/h3-6,10,13,15H,7-9H2,1-2H3,(H,16,17). The SMILES string of the molecule is COc1ccccc1CNC(=O)C1NCCC1C. The number of methoxy groups -OCH3 is 1. The van der Waals surface area contributed by atoms with Gasteiger partial charge in [-0.3, -0.25) is 4.79 Å². The van der Waals surface area contributed by atoms with E-state index in [-0.39, 0.29) is 11.9 Å². The molecule has 1 aliphatic rings. The molecule has 18 heavy (non-hydrogen) atoms. The van der Waals surface area contributed by atoms with Gasteiger partial charge in [0.15, 0.2) is 0 Å². The second kappa shape index (κ2) is 5.87. The lowest BCUT2D eigenvalue weighted by Crippen LogP contribution is -2.42. The van der Waals surface area contributed by atoms with Crippen LogP contribution in [0, 0.1) is 5.92 Å². The Balaban J connectivity index is 1.93. The molecule has 2 atom stereocenters. The minimum absolute atomic E-state index is 0.0558. The quantitative estimate of drug-likeness (QED) is 0.844. The highest BCUT2D eigenvalue weighted by molar-refractivity contribution is 5.82. The van der Waals surface area contributed by atoms with Crippen LogP contribution < -0.4 is 15.4 Å². The van der Waals surface area contributed by atoms with Gasteiger partial charge in [-0.1, -0.05) is 25.1 Å². The van der Waals surface area contributed by atoms with Crippen molar-refractivity contribution < 1.29 is 9.53 Å². The molecule has 2 rings (SSSR count). The van der Waals surface area contributed by atoms with E-state index in [1.807, 2.05) is 24.3 Å². The van der Waals surface area contributed by atoms with Crippen LogP contribution in [0.5, 0.6) is 5.75 Å². The first-order chi connectivity index (χ1) is 8.72. The summed E-state index contributed by atoms with van der Waals surface area (Å²) in [5.74, 6) is 1.29. The fraction of sp³-hybridized carbons (Fsp3) is 0.500. The highest BCUT2D eigenvalue weighted by atomic mass is 16.5. The third-order valence-corrected chi connectivity index (χ3v) is 3.46. The average Bonchev–Trinajstić information content (AvgIpc) is 2.82. The maximum absolute atomic E-state index is 12.0. The second-order valence-corrected chi connectivity index (χ2v) is 4.73. The number of para-hydroxylation sites is 1. The predicted molar refractivity (Wildman–Crippen MR) is 70.4 cm³/mol. The van der Waals surface area contributed by atoms with Crippen LogP contribution in [0.25, 0.3) is 0 Å². The molecular weight excluding hydrogens is 228 g/mol. The van der Waals surface area contributed by atoms with Crippen molar-refractivity contribution in [2.75, 3.05) is 13.7 Å². The van der Waals surface area contributed by atoms with E-state index in [1.54, 1.807) is 7.11 Å². The zero-order valence-corrected chi connectivity index (χ0v) is 10.9. The van der Waals surface area contributed by atoms with Crippen molar-refractivity contribution in [2.24, 2.45) is 5.92 Å². The van der Waals surface area contributed by atoms with E-state index >= 15 is 0 Å². The van der Waals surface area contributed by atoms with Crippen LogP contribution in [-0.4, -0.2) is 25.6 Å². The van der Waals surface area contributed by atoms with Gasteiger partial charge in [0.05, 0.1) is 13.2 Å². The van der Waals surface area contributed by atoms with E-state index in [0.29, 0.717) is 12.5 Å². The first kappa shape index (κ1) is 12.9. The van der Waals surface area contributed by atoms with Crippen molar-refractivity contribution in [3.8, 4) is 5.75 Å². The molecule has 4 heteroatoms. The molecule has 0 radical (unpaired) electrons. The van der Waals surface area contributed by atoms with Crippen LogP contribution in [0.4, 0.5) is 0 Å². The van der Waals surface area contributed by atoms with Crippen LogP contribution in [0.3, 0.4) is 0 Å². The van der Waals surface area contributed by atoms with Gasteiger partial charge in [-0.25, -0.2) is 0 Å². The molecule has 0 spiro atoms. The summed E-state index contributed by atoms with van der Waals surface area (Å²) in [5.41, 5.74) is 0.999. The predicted octanol–water partition coefficient (Wildman–Crippen LogP) is 1.31. The number of carbonyl (C=O) groups is 1. The number of hydrogen-bond acceptors (Lipinski definition) is 3. The van der Waals surface area contributed by atoms with Gasteiger partial charge in [0.1, 0.15) is 5.75 Å². The second-order valence-electron chi connectivity index (χ2n) is 4.73. The van der Waals surface area contributed by atoms with Gasteiger partial charge in [0.25, 0.3) is 0 Å². The Hall–Kier alpha value is -1.55. The Morgan fingerprint density at radius 2 is 2.28 bits per heavy atom. The number of nitrogens with one attached hydrogen (secondary N) is 2. The van der Waals surface area contributed by atoms with Gasteiger partial charge in [-0.2, -0.15) is 0 Å². The third-order valence-electron chi connectivity index (χ3n) is 3.46. The lowest BCUT2D eigenvalue weighted by atomic mass is 10.0. The molecule has 1 fully saturated rings. The minimum Gasteiger partial charge on any atom is -0.496 e. The number of ether oxygens (including phenoxy) is 1. The molecule has 4 nitrogen and oxygen atoms in total. The molecule has 0 bridgehead atoms. The van der Waals surface area contributed by atoms with Crippen molar-refractivity contribution in [1.82, 2.24) is 10.6 Å². The van der Waals surface area contributed by atoms with Crippen LogP contribution in [0.15, 0.2) is 24.3 Å². The molecule has 98 valence electrons. The monoisotopic (exact) mass is 248 g/mol. The molecule has 0 saturated carbocycles. The summed E-state index contributed by atoms with van der Waals surface area (Å²) in [4.78, 5) is 12.0. The minimum atomic E-state index is -0.0558. The summed E-state index contributed by atoms with van der Waals surface area (Å²) in [6.07, 6.45) is 1.06. The molecule has 1 aliphatic heterocycles. The van der Waals surface area contributed by atoms with Gasteiger partial charge in [-0.05, 0) is 24.9 Å². The lowest BCUT2D eigenvalue weighted by Gasteiger charge is -2.16. The van der Waals surface area contributed by atoms with Gasteiger partial charge in [-0.15, -0.1) is 0 Å². The summed E-state index contributed by atoms with van der Waals surface area (Å²) in [6.45, 7) is 3.54. The number of rotatable bonds is 4. The maximum atomic E-state index is 12.0. The van der Waals surface area contributed by atoms with Crippen LogP contribution in [0.2, 0.25) is 0 Å². The topological polar surface area (TPSA) is 50.4 Å². The Kier molecular flexibility index (Phi) is 4.20. The first-order valence-corrected chi connectivity index (χ1v) is 6.35. The lowest BCUT2D eigenvalue weighted by molar-refractivity contribution is -0.123. The Bertz CT molecular complexity index is 420. The molecule has 0 aromatic heterocycles. The Labute approximate surface area is 108 Å². The molecule has 1 saturated heterocycles. The van der Waals surface area contributed by atoms with Crippen molar-refractivity contribution in [3.63, 3.8) is 0 Å². The smallest absolute Gasteiger partial charge is 0.237 e. The molecule has 1 amide bonds. The van der Waals surface area contributed by atoms with Crippen LogP contribution in [-0.2, 0) is 11.3 Å². The molecule has 2 unspecified atom stereocenters. The highest BCUT2D eigenvalue weighted by Gasteiger charge is 2.28. The third kappa shape index (κ3) is 2.82. The molecule has 1 aromatic rings. The summed E-state index contributed by atoms with van der Waals surface area (Å²) in [5, 5.41) is 6.19. The van der Waals surface area contributed by atoms with Crippen molar-refractivity contribution >= 4 is 5.91 Å². The zero-order chi connectivity index (χ0) is 13.0. The average molecular weight is 248 g/mol. The van der Waals surface area contributed by atoms with Gasteiger partial charge < -0.3 is 15.4 Å². The van der Waals surface area contributed by atoms with E-state index in [0.717, 1.165) is 24.3 Å². The highest BCUT2D eigenvalue weighted by Crippen LogP contribution is 2.18. The summed E-state index contributed by atoms with van der Waals surface area (Å²) in [6, 6.07) is 7.67. The molecular formula is C14H20N2O2. The molecule has 1 heterocycles. The Morgan fingerprint density at radius 1 is 1.50 bits per heavy atom. The first-order valence-electron chi connectivity index (χ1n) is 6.35. The van der Waals surface area contributed by atoms with Gasteiger partial charge >= 0.3 is 0 Å². The van der Waals surface area contributed by atoms with E-state index in [1.165, 1.54) is 0 Å². The fourth-order valence-corrected chi connectivity index (χ4v) is 2.33. The zero-order valence-electron chi connectivity index (χ0n) is 10.9. The number of hydrogen-bond donors (Lipinski definition) is 2. The Morgan fingerprint density at radius 3 is 2.94 bits per heavy atom. The number of carbonyl (C=O) groups excluding carboxylic acids is 1. The van der Waals surface area contributed by atoms with Crippen molar-refractivity contribution in [1.29, 1.82) is 0 Å². The summed E-state index contributed by atoms with van der Waals surface area (Å²) >= 11 is 0. The van der Waals surface area contributed by atoms with Crippen molar-refractivity contribution in [2.45, 2.75) is 25.9 Å². The van der Waals surface area contributed by atoms with E-state index < -0.39 is 0 Å². The van der Waals surface area contributed by atoms with E-state index in [2.05, 4.69) is 17.6 Å². The fourth-order valence-electron chi connectivity index (χ4n) is 2.33. The number of amides is 1. The summed E-state index contributed by atoms with van der Waals surface area (Å²) in [7, 11) is 1.64. The maximum Gasteiger partial charge on any atom is 0.237 e. The molecule has 0 aliphatic carbocycles.